The number of carbonyl (C=O) groups excluding carboxylic acids is 2. The number of methoxy groups -OCH3 is 2. The Bertz CT molecular complexity index is 771. The molecule has 3 rings (SSSR count). The van der Waals surface area contributed by atoms with E-state index in [-0.39, 0.29) is 17.8 Å². The zero-order valence-electron chi connectivity index (χ0n) is 18.1. The van der Waals surface area contributed by atoms with Gasteiger partial charge >= 0.3 is 5.97 Å². The highest BCUT2D eigenvalue weighted by Gasteiger charge is 2.34. The molecule has 0 spiro atoms. The van der Waals surface area contributed by atoms with Crippen LogP contribution >= 0.6 is 0 Å². The van der Waals surface area contributed by atoms with Crippen LogP contribution in [-0.4, -0.2) is 55.7 Å². The summed E-state index contributed by atoms with van der Waals surface area (Å²) in [6.45, 7) is 7.86. The van der Waals surface area contributed by atoms with Crippen molar-refractivity contribution >= 4 is 11.9 Å². The molecule has 1 aromatic carbocycles. The number of hydrogen-bond acceptors (Lipinski definition) is 6. The predicted molar refractivity (Wildman–Crippen MR) is 109 cm³/mol. The molecule has 2 aliphatic rings. The molecule has 0 saturated carbocycles. The topological polar surface area (TPSA) is 68.3 Å². The summed E-state index contributed by atoms with van der Waals surface area (Å²) in [5, 5.41) is 1.66. The van der Waals surface area contributed by atoms with Gasteiger partial charge in [-0.05, 0) is 63.3 Å². The Hall–Kier alpha value is -2.28. The van der Waals surface area contributed by atoms with Gasteiger partial charge < -0.3 is 19.2 Å². The number of carbonyl (C=O) groups is 2. The molecule has 1 aromatic rings. The van der Waals surface area contributed by atoms with Crippen LogP contribution in [0.1, 0.15) is 44.7 Å². The van der Waals surface area contributed by atoms with Gasteiger partial charge in [-0.1, -0.05) is 0 Å². The molecular weight excluding hydrogens is 372 g/mol. The smallest absolute Gasteiger partial charge is 0.330 e. The van der Waals surface area contributed by atoms with Crippen molar-refractivity contribution in [2.75, 3.05) is 33.9 Å². The zero-order valence-corrected chi connectivity index (χ0v) is 18.1. The van der Waals surface area contributed by atoms with E-state index >= 15 is 0 Å². The molecule has 1 fully saturated rings. The van der Waals surface area contributed by atoms with Gasteiger partial charge in [0.15, 0.2) is 11.5 Å². The van der Waals surface area contributed by atoms with Gasteiger partial charge in [-0.25, -0.2) is 4.79 Å². The summed E-state index contributed by atoms with van der Waals surface area (Å²) in [7, 11) is 3.25. The third-order valence-corrected chi connectivity index (χ3v) is 5.59. The highest BCUT2D eigenvalue weighted by molar-refractivity contribution is 5.80. The van der Waals surface area contributed by atoms with Gasteiger partial charge in [-0.3, -0.25) is 4.79 Å². The van der Waals surface area contributed by atoms with Crippen LogP contribution in [0.15, 0.2) is 12.1 Å². The second-order valence-electron chi connectivity index (χ2n) is 8.84. The number of fused-ring (bicyclic) bond motifs is 1. The highest BCUT2D eigenvalue weighted by Crippen LogP contribution is 2.34. The molecule has 0 N–H and O–H groups in total. The summed E-state index contributed by atoms with van der Waals surface area (Å²) in [5.41, 5.74) is 1.72. The molecule has 7 nitrogen and oxygen atoms in total. The lowest BCUT2D eigenvalue weighted by Crippen LogP contribution is -2.47. The maximum atomic E-state index is 13.2. The van der Waals surface area contributed by atoms with Gasteiger partial charge in [0, 0.05) is 26.2 Å². The summed E-state index contributed by atoms with van der Waals surface area (Å²) in [5.74, 6) is 1.10. The highest BCUT2D eigenvalue weighted by atomic mass is 16.7. The van der Waals surface area contributed by atoms with E-state index in [1.54, 1.807) is 19.3 Å². The van der Waals surface area contributed by atoms with Crippen molar-refractivity contribution in [3.8, 4) is 11.5 Å². The minimum atomic E-state index is -0.562. The molecule has 0 radical (unpaired) electrons. The number of nitrogens with zero attached hydrogens (tertiary/aromatic N) is 2. The molecule has 29 heavy (non-hydrogen) atoms. The van der Waals surface area contributed by atoms with Crippen molar-refractivity contribution in [2.24, 2.45) is 11.3 Å². The number of piperidine rings is 1. The van der Waals surface area contributed by atoms with E-state index in [0.29, 0.717) is 31.9 Å². The summed E-state index contributed by atoms with van der Waals surface area (Å²) >= 11 is 0. The lowest BCUT2D eigenvalue weighted by atomic mass is 9.94. The first-order valence-corrected chi connectivity index (χ1v) is 10.2. The average molecular weight is 405 g/mol. The van der Waals surface area contributed by atoms with Crippen molar-refractivity contribution in [1.82, 2.24) is 9.96 Å². The van der Waals surface area contributed by atoms with Crippen LogP contribution < -0.4 is 9.47 Å². The predicted octanol–water partition coefficient (Wildman–Crippen LogP) is 2.80. The van der Waals surface area contributed by atoms with Gasteiger partial charge in [-0.15, -0.1) is 5.06 Å². The Morgan fingerprint density at radius 3 is 2.31 bits per heavy atom. The van der Waals surface area contributed by atoms with Gasteiger partial charge in [0.2, 0.25) is 5.91 Å². The summed E-state index contributed by atoms with van der Waals surface area (Å²) in [6.07, 6.45) is 2.44. The van der Waals surface area contributed by atoms with Crippen LogP contribution in [0.5, 0.6) is 11.5 Å². The fourth-order valence-corrected chi connectivity index (χ4v) is 3.81. The average Bonchev–Trinajstić information content (AvgIpc) is 2.71. The van der Waals surface area contributed by atoms with E-state index in [9.17, 15) is 9.59 Å². The maximum absolute atomic E-state index is 13.2. The number of hydrogen-bond donors (Lipinski definition) is 0. The number of hydroxylamine groups is 2. The van der Waals surface area contributed by atoms with E-state index in [1.807, 2.05) is 37.8 Å². The Balaban J connectivity index is 1.66. The van der Waals surface area contributed by atoms with Crippen LogP contribution in [0.2, 0.25) is 0 Å². The molecule has 7 heteroatoms. The molecule has 1 atom stereocenters. The minimum absolute atomic E-state index is 0.127. The Kier molecular flexibility index (Phi) is 6.36. The number of rotatable bonds is 4. The first-order chi connectivity index (χ1) is 13.7. The molecule has 0 aromatic heterocycles. The third-order valence-electron chi connectivity index (χ3n) is 5.59. The molecule has 1 amide bonds. The third kappa shape index (κ3) is 4.83. The van der Waals surface area contributed by atoms with Crippen molar-refractivity contribution in [2.45, 2.75) is 46.6 Å². The summed E-state index contributed by atoms with van der Waals surface area (Å²) in [4.78, 5) is 32.8. The second-order valence-corrected chi connectivity index (χ2v) is 8.84. The number of ether oxygens (including phenoxy) is 2. The van der Waals surface area contributed by atoms with E-state index in [0.717, 1.165) is 30.6 Å². The van der Waals surface area contributed by atoms with Crippen LogP contribution in [-0.2, 0) is 27.4 Å². The molecular formula is C22H32N2O5. The largest absolute Gasteiger partial charge is 0.493 e. The number of amides is 1. The lowest BCUT2D eigenvalue weighted by Gasteiger charge is -2.36. The first kappa shape index (κ1) is 21.4. The van der Waals surface area contributed by atoms with Crippen molar-refractivity contribution in [3.05, 3.63) is 23.3 Å². The molecule has 0 bridgehead atoms. The quantitative estimate of drug-likeness (QED) is 0.769. The van der Waals surface area contributed by atoms with Gasteiger partial charge in [-0.2, -0.15) is 0 Å². The Morgan fingerprint density at radius 1 is 1.03 bits per heavy atom. The fourth-order valence-electron chi connectivity index (χ4n) is 3.81. The van der Waals surface area contributed by atoms with E-state index < -0.39 is 5.41 Å². The van der Waals surface area contributed by atoms with Crippen LogP contribution in [0, 0.1) is 11.3 Å². The van der Waals surface area contributed by atoms with Crippen molar-refractivity contribution in [1.29, 1.82) is 0 Å². The summed E-state index contributed by atoms with van der Waals surface area (Å²) in [6, 6.07) is 3.97. The standard InChI is InChI=1S/C22H32N2O5/c1-22(2,3)21(26)29-24-9-6-7-16(14-24)20(25)23-10-8-15-11-18(27-4)19(28-5)12-17(15)13-23/h11-12,16H,6-10,13-14H2,1-5H3/t16-/m1/s1. The van der Waals surface area contributed by atoms with Gasteiger partial charge in [0.1, 0.15) is 0 Å². The molecule has 160 valence electrons. The Labute approximate surface area is 172 Å². The van der Waals surface area contributed by atoms with E-state index in [4.69, 9.17) is 14.3 Å². The summed E-state index contributed by atoms with van der Waals surface area (Å²) < 4.78 is 10.8. The molecule has 2 heterocycles. The van der Waals surface area contributed by atoms with Gasteiger partial charge in [0.25, 0.3) is 0 Å². The molecule has 1 saturated heterocycles. The first-order valence-electron chi connectivity index (χ1n) is 10.2. The molecule has 2 aliphatic heterocycles. The monoisotopic (exact) mass is 404 g/mol. The molecule has 0 aliphatic carbocycles. The van der Waals surface area contributed by atoms with Gasteiger partial charge in [0.05, 0.1) is 25.6 Å². The molecule has 0 unspecified atom stereocenters. The lowest BCUT2D eigenvalue weighted by molar-refractivity contribution is -0.208. The van der Waals surface area contributed by atoms with Crippen LogP contribution in [0.4, 0.5) is 0 Å². The maximum Gasteiger partial charge on any atom is 0.330 e. The zero-order chi connectivity index (χ0) is 21.2. The van der Waals surface area contributed by atoms with E-state index in [2.05, 4.69) is 0 Å². The number of benzene rings is 1. The second kappa shape index (κ2) is 8.61. The van der Waals surface area contributed by atoms with Crippen LogP contribution in [0.25, 0.3) is 0 Å². The van der Waals surface area contributed by atoms with Crippen LogP contribution in [0.3, 0.4) is 0 Å². The normalized spacial score (nSPS) is 20.0. The Morgan fingerprint density at radius 2 is 1.69 bits per heavy atom. The SMILES string of the molecule is COc1cc2c(cc1OC)CN(C(=O)[C@@H]1CCCN(OC(=O)C(C)(C)C)C1)CC2. The minimum Gasteiger partial charge on any atom is -0.493 e. The fraction of sp³-hybridized carbons (Fsp3) is 0.636. The van der Waals surface area contributed by atoms with Crippen molar-refractivity contribution in [3.63, 3.8) is 0 Å². The van der Waals surface area contributed by atoms with E-state index in [1.165, 1.54) is 5.56 Å². The van der Waals surface area contributed by atoms with Crippen molar-refractivity contribution < 1.29 is 23.9 Å².